The first-order valence-electron chi connectivity index (χ1n) is 13.6. The lowest BCUT2D eigenvalue weighted by Gasteiger charge is -2.28. The van der Waals surface area contributed by atoms with Crippen molar-refractivity contribution >= 4 is 38.8 Å². The van der Waals surface area contributed by atoms with Crippen molar-refractivity contribution in [2.75, 3.05) is 6.54 Å². The second kappa shape index (κ2) is 12.0. The average Bonchev–Trinajstić information content (AvgIpc) is 3.68. The van der Waals surface area contributed by atoms with Crippen LogP contribution in [-0.2, 0) is 30.5 Å². The van der Waals surface area contributed by atoms with Crippen molar-refractivity contribution in [2.45, 2.75) is 81.7 Å². The van der Waals surface area contributed by atoms with E-state index in [1.54, 1.807) is 26.8 Å². The van der Waals surface area contributed by atoms with E-state index in [9.17, 15) is 36.0 Å². The van der Waals surface area contributed by atoms with Gasteiger partial charge in [0.25, 0.3) is 5.91 Å². The molecule has 0 radical (unpaired) electrons. The first-order valence-corrected chi connectivity index (χ1v) is 15.1. The molecule has 2 aliphatic rings. The number of likely N-dealkylation sites (tertiary alicyclic amines) is 1. The largest absolute Gasteiger partial charge is 0.488 e. The topological polar surface area (TPSA) is 144 Å². The van der Waals surface area contributed by atoms with Gasteiger partial charge in [0.1, 0.15) is 35.2 Å². The molecular formula is C28H33F3N4O7S. The Morgan fingerprint density at radius 2 is 1.86 bits per heavy atom. The van der Waals surface area contributed by atoms with Crippen LogP contribution < -0.4 is 14.8 Å². The van der Waals surface area contributed by atoms with E-state index in [4.69, 9.17) is 9.47 Å². The molecule has 2 N–H and O–H groups in total. The number of fused-ring (bicyclic) bond motifs is 1. The van der Waals surface area contributed by atoms with Gasteiger partial charge in [0, 0.05) is 17.9 Å². The fraction of sp³-hybridized carbons (Fsp3) is 0.500. The van der Waals surface area contributed by atoms with Crippen molar-refractivity contribution in [3.05, 3.63) is 48.7 Å². The molecule has 1 aliphatic heterocycles. The maximum absolute atomic E-state index is 13.6. The highest BCUT2D eigenvalue weighted by atomic mass is 32.2. The van der Waals surface area contributed by atoms with Gasteiger partial charge in [0.05, 0.1) is 17.3 Å². The predicted octanol–water partition coefficient (Wildman–Crippen LogP) is 3.68. The highest BCUT2D eigenvalue weighted by molar-refractivity contribution is 7.90. The van der Waals surface area contributed by atoms with Crippen LogP contribution in [0.5, 0.6) is 5.75 Å². The van der Waals surface area contributed by atoms with Gasteiger partial charge in [-0.25, -0.2) is 18.2 Å². The van der Waals surface area contributed by atoms with Crippen molar-refractivity contribution in [1.82, 2.24) is 19.9 Å². The van der Waals surface area contributed by atoms with E-state index in [1.807, 2.05) is 4.72 Å². The molecule has 4 rings (SSSR count). The van der Waals surface area contributed by atoms with Crippen LogP contribution in [0, 0.1) is 0 Å². The molecule has 2 heterocycles. The molecule has 2 fully saturated rings. The number of hydrogen-bond acceptors (Lipinski definition) is 8. The number of halogens is 3. The van der Waals surface area contributed by atoms with Crippen molar-refractivity contribution < 1.29 is 45.4 Å². The molecule has 2 aromatic rings. The summed E-state index contributed by atoms with van der Waals surface area (Å²) in [5, 5.41) is 2.11. The SMILES string of the molecule is C=CC[C@@H](NC(=O)[C@@H]1C[C@@H](Oc2cc(C(F)(F)F)nc3ccccc23)CN1C(=O)OC(C)(C)C)C(=O)NS(=O)(=O)C1CC1. The van der Waals surface area contributed by atoms with Gasteiger partial charge in [-0.1, -0.05) is 18.2 Å². The van der Waals surface area contributed by atoms with Crippen molar-refractivity contribution in [3.63, 3.8) is 0 Å². The predicted molar refractivity (Wildman–Crippen MR) is 149 cm³/mol. The Bertz CT molecular complexity index is 1520. The Kier molecular flexibility index (Phi) is 8.95. The van der Waals surface area contributed by atoms with Gasteiger partial charge in [-0.05, 0) is 52.2 Å². The van der Waals surface area contributed by atoms with Crippen LogP contribution >= 0.6 is 0 Å². The summed E-state index contributed by atoms with van der Waals surface area (Å²) in [5.74, 6) is -1.90. The fourth-order valence-corrected chi connectivity index (χ4v) is 5.90. The lowest BCUT2D eigenvalue weighted by atomic mass is 10.1. The Morgan fingerprint density at radius 1 is 1.19 bits per heavy atom. The molecule has 1 aromatic carbocycles. The number of nitrogens with zero attached hydrogens (tertiary/aromatic N) is 2. The second-order valence-electron chi connectivity index (χ2n) is 11.4. The second-order valence-corrected chi connectivity index (χ2v) is 13.4. The van der Waals surface area contributed by atoms with Crippen LogP contribution in [0.4, 0.5) is 18.0 Å². The summed E-state index contributed by atoms with van der Waals surface area (Å²) in [6.07, 6.45) is -4.68. The number of carbonyl (C=O) groups is 3. The van der Waals surface area contributed by atoms with E-state index in [1.165, 1.54) is 24.3 Å². The minimum Gasteiger partial charge on any atom is -0.488 e. The quantitative estimate of drug-likeness (QED) is 0.402. The van der Waals surface area contributed by atoms with Crippen LogP contribution in [0.3, 0.4) is 0 Å². The minimum atomic E-state index is -4.75. The fourth-order valence-electron chi connectivity index (χ4n) is 4.56. The van der Waals surface area contributed by atoms with E-state index in [0.29, 0.717) is 18.2 Å². The number of pyridine rings is 1. The zero-order valence-electron chi connectivity index (χ0n) is 23.8. The van der Waals surface area contributed by atoms with Crippen LogP contribution in [-0.4, -0.2) is 71.8 Å². The molecule has 11 nitrogen and oxygen atoms in total. The number of sulfonamides is 1. The Morgan fingerprint density at radius 3 is 2.47 bits per heavy atom. The number of ether oxygens (including phenoxy) is 2. The molecule has 1 saturated carbocycles. The Hall–Kier alpha value is -3.88. The maximum atomic E-state index is 13.6. The Balaban J connectivity index is 1.59. The number of alkyl halides is 3. The summed E-state index contributed by atoms with van der Waals surface area (Å²) in [7, 11) is -3.90. The number of carbonyl (C=O) groups excluding carboxylic acids is 3. The standard InChI is InChI=1S/C28H33F3N4O7S/c1-5-8-20(24(36)34-43(39,40)17-11-12-17)33-25(37)21-13-16(15-35(21)26(38)42-27(2,3)4)41-22-14-23(28(29,30)31)32-19-10-7-6-9-18(19)22/h5-7,9-10,14,16-17,20-21H,1,8,11-13,15H2,2-4H3,(H,33,37)(H,34,36)/t16-,20-,21+/m1/s1. The molecular weight excluding hydrogens is 593 g/mol. The third kappa shape index (κ3) is 7.94. The summed E-state index contributed by atoms with van der Waals surface area (Å²) in [4.78, 5) is 44.1. The molecule has 234 valence electrons. The number of rotatable bonds is 9. The third-order valence-electron chi connectivity index (χ3n) is 6.70. The van der Waals surface area contributed by atoms with E-state index in [2.05, 4.69) is 16.9 Å². The first kappa shape index (κ1) is 32.0. The van der Waals surface area contributed by atoms with Crippen LogP contribution in [0.1, 0.15) is 52.1 Å². The normalized spacial score (nSPS) is 19.9. The molecule has 3 atom stereocenters. The zero-order valence-corrected chi connectivity index (χ0v) is 24.6. The number of hydrogen-bond donors (Lipinski definition) is 2. The summed E-state index contributed by atoms with van der Waals surface area (Å²) in [6, 6.07) is 4.27. The van der Waals surface area contributed by atoms with Gasteiger partial charge in [0.2, 0.25) is 15.9 Å². The van der Waals surface area contributed by atoms with Crippen molar-refractivity contribution in [1.29, 1.82) is 0 Å². The van der Waals surface area contributed by atoms with Crippen molar-refractivity contribution in [3.8, 4) is 5.75 Å². The molecule has 1 saturated heterocycles. The smallest absolute Gasteiger partial charge is 0.433 e. The minimum absolute atomic E-state index is 0.0445. The molecule has 1 aliphatic carbocycles. The van der Waals surface area contributed by atoms with Gasteiger partial charge in [0.15, 0.2) is 0 Å². The van der Waals surface area contributed by atoms with E-state index in [0.717, 1.165) is 11.0 Å². The highest BCUT2D eigenvalue weighted by Gasteiger charge is 2.44. The van der Waals surface area contributed by atoms with Gasteiger partial charge >= 0.3 is 12.3 Å². The number of nitrogens with one attached hydrogen (secondary N) is 2. The average molecular weight is 627 g/mol. The lowest BCUT2D eigenvalue weighted by molar-refractivity contribution is -0.141. The first-order chi connectivity index (χ1) is 20.0. The molecule has 3 amide bonds. The lowest BCUT2D eigenvalue weighted by Crippen LogP contribution is -2.54. The monoisotopic (exact) mass is 626 g/mol. The molecule has 43 heavy (non-hydrogen) atoms. The van der Waals surface area contributed by atoms with E-state index >= 15 is 0 Å². The Labute approximate surface area is 246 Å². The van der Waals surface area contributed by atoms with Crippen molar-refractivity contribution in [2.24, 2.45) is 0 Å². The molecule has 0 bridgehead atoms. The van der Waals surface area contributed by atoms with E-state index in [-0.39, 0.29) is 30.7 Å². The zero-order chi connectivity index (χ0) is 31.7. The molecule has 1 aromatic heterocycles. The third-order valence-corrected chi connectivity index (χ3v) is 8.53. The van der Waals surface area contributed by atoms with Gasteiger partial charge in [-0.15, -0.1) is 6.58 Å². The summed E-state index contributed by atoms with van der Waals surface area (Å²) >= 11 is 0. The van der Waals surface area contributed by atoms with Gasteiger partial charge in [-0.3, -0.25) is 19.2 Å². The highest BCUT2D eigenvalue weighted by Crippen LogP contribution is 2.36. The number of amides is 3. The summed E-state index contributed by atoms with van der Waals surface area (Å²) < 4.78 is 78.7. The number of aromatic nitrogens is 1. The van der Waals surface area contributed by atoms with Gasteiger partial charge < -0.3 is 14.8 Å². The number of benzene rings is 1. The van der Waals surface area contributed by atoms with Crippen LogP contribution in [0.25, 0.3) is 10.9 Å². The maximum Gasteiger partial charge on any atom is 0.433 e. The van der Waals surface area contributed by atoms with Gasteiger partial charge in [-0.2, -0.15) is 13.2 Å². The van der Waals surface area contributed by atoms with Crippen LogP contribution in [0.15, 0.2) is 43.0 Å². The molecule has 0 unspecified atom stereocenters. The number of para-hydroxylation sites is 1. The summed E-state index contributed by atoms with van der Waals surface area (Å²) in [5.41, 5.74) is -2.07. The molecule has 0 spiro atoms. The van der Waals surface area contributed by atoms with Crippen LogP contribution in [0.2, 0.25) is 0 Å². The summed E-state index contributed by atoms with van der Waals surface area (Å²) in [6.45, 7) is 8.19. The van der Waals surface area contributed by atoms with E-state index < -0.39 is 68.8 Å². The molecule has 15 heteroatoms.